The number of aryl methyl sites for hydroxylation is 1. The summed E-state index contributed by atoms with van der Waals surface area (Å²) in [6, 6.07) is 1.98. The smallest absolute Gasteiger partial charge is 0.225 e. The van der Waals surface area contributed by atoms with Crippen molar-refractivity contribution < 1.29 is 9.32 Å². The van der Waals surface area contributed by atoms with Gasteiger partial charge in [0.2, 0.25) is 5.91 Å². The zero-order chi connectivity index (χ0) is 19.2. The van der Waals surface area contributed by atoms with Crippen LogP contribution >= 0.6 is 0 Å². The van der Waals surface area contributed by atoms with Crippen LogP contribution < -0.4 is 10.6 Å². The fourth-order valence-corrected chi connectivity index (χ4v) is 2.79. The van der Waals surface area contributed by atoms with Gasteiger partial charge in [-0.2, -0.15) is 0 Å². The minimum Gasteiger partial charge on any atom is -0.361 e. The third-order valence-electron chi connectivity index (χ3n) is 4.32. The molecule has 0 saturated carbocycles. The summed E-state index contributed by atoms with van der Waals surface area (Å²) in [6.07, 6.45) is 0. The van der Waals surface area contributed by atoms with Crippen molar-refractivity contribution >= 4 is 11.9 Å². The molecule has 0 radical (unpaired) electrons. The molecule has 0 aliphatic carbocycles. The van der Waals surface area contributed by atoms with Crippen molar-refractivity contribution in [3.8, 4) is 0 Å². The van der Waals surface area contributed by atoms with Crippen molar-refractivity contribution in [3.63, 3.8) is 0 Å². The summed E-state index contributed by atoms with van der Waals surface area (Å²) in [5.41, 5.74) is 0.619. The van der Waals surface area contributed by atoms with Crippen molar-refractivity contribution in [2.45, 2.75) is 34.2 Å². The van der Waals surface area contributed by atoms with E-state index in [9.17, 15) is 4.79 Å². The van der Waals surface area contributed by atoms with Gasteiger partial charge in [0.15, 0.2) is 5.96 Å². The lowest BCUT2D eigenvalue weighted by Gasteiger charge is -2.36. The SMILES string of the molecule is CN=C(NCCNC(=O)C(C)(C)C)N1CCN(Cc2cc(C)on2)CC1. The fourth-order valence-electron chi connectivity index (χ4n) is 2.79. The third kappa shape index (κ3) is 6.01. The monoisotopic (exact) mass is 364 g/mol. The van der Waals surface area contributed by atoms with Gasteiger partial charge < -0.3 is 20.1 Å². The quantitative estimate of drug-likeness (QED) is 0.457. The number of aromatic nitrogens is 1. The lowest BCUT2D eigenvalue weighted by Crippen LogP contribution is -2.53. The standard InChI is InChI=1S/C18H32N6O2/c1-14-12-15(22-26-14)13-23-8-10-24(11-9-23)17(19-5)21-7-6-20-16(25)18(2,3)4/h12H,6-11,13H2,1-5H3,(H,19,21)(H,20,25). The van der Waals surface area contributed by atoms with Crippen LogP contribution in [0.25, 0.3) is 0 Å². The Balaban J connectivity index is 1.70. The number of hydrogen-bond donors (Lipinski definition) is 2. The Labute approximate surface area is 156 Å². The average molecular weight is 364 g/mol. The van der Waals surface area contributed by atoms with E-state index >= 15 is 0 Å². The Kier molecular flexibility index (Phi) is 7.02. The van der Waals surface area contributed by atoms with Crippen LogP contribution in [0.4, 0.5) is 0 Å². The molecule has 26 heavy (non-hydrogen) atoms. The number of nitrogens with one attached hydrogen (secondary N) is 2. The van der Waals surface area contributed by atoms with Gasteiger partial charge in [-0.3, -0.25) is 14.7 Å². The van der Waals surface area contributed by atoms with Gasteiger partial charge >= 0.3 is 0 Å². The van der Waals surface area contributed by atoms with E-state index in [0.717, 1.165) is 50.1 Å². The van der Waals surface area contributed by atoms with Crippen LogP contribution in [-0.4, -0.2) is 73.1 Å². The van der Waals surface area contributed by atoms with E-state index in [0.29, 0.717) is 13.1 Å². The number of aliphatic imine (C=N–C) groups is 1. The molecule has 2 N–H and O–H groups in total. The molecule has 8 nitrogen and oxygen atoms in total. The lowest BCUT2D eigenvalue weighted by atomic mass is 9.96. The minimum atomic E-state index is -0.361. The van der Waals surface area contributed by atoms with Crippen LogP contribution in [0.3, 0.4) is 0 Å². The van der Waals surface area contributed by atoms with E-state index < -0.39 is 0 Å². The largest absolute Gasteiger partial charge is 0.361 e. The van der Waals surface area contributed by atoms with Gasteiger partial charge in [0, 0.05) is 64.3 Å². The molecular weight excluding hydrogens is 332 g/mol. The second kappa shape index (κ2) is 9.02. The Morgan fingerprint density at radius 1 is 1.23 bits per heavy atom. The second-order valence-electron chi connectivity index (χ2n) is 7.67. The minimum absolute atomic E-state index is 0.0611. The molecule has 1 amide bonds. The Bertz CT molecular complexity index is 611. The van der Waals surface area contributed by atoms with Gasteiger partial charge in [-0.15, -0.1) is 0 Å². The zero-order valence-corrected chi connectivity index (χ0v) is 16.6. The maximum atomic E-state index is 11.9. The first-order valence-corrected chi connectivity index (χ1v) is 9.18. The predicted molar refractivity (Wildman–Crippen MR) is 102 cm³/mol. The highest BCUT2D eigenvalue weighted by Crippen LogP contribution is 2.12. The summed E-state index contributed by atoms with van der Waals surface area (Å²) in [5, 5.41) is 10.3. The molecule has 0 unspecified atom stereocenters. The molecule has 1 saturated heterocycles. The molecule has 8 heteroatoms. The molecule has 1 aliphatic rings. The molecule has 2 heterocycles. The number of rotatable bonds is 5. The zero-order valence-electron chi connectivity index (χ0n) is 16.6. The van der Waals surface area contributed by atoms with Crippen molar-refractivity contribution in [1.82, 2.24) is 25.6 Å². The molecule has 0 spiro atoms. The summed E-state index contributed by atoms with van der Waals surface area (Å²) < 4.78 is 5.13. The van der Waals surface area contributed by atoms with Crippen molar-refractivity contribution in [3.05, 3.63) is 17.5 Å². The summed E-state index contributed by atoms with van der Waals surface area (Å²) in [4.78, 5) is 20.8. The maximum absolute atomic E-state index is 11.9. The van der Waals surface area contributed by atoms with Gasteiger partial charge in [0.05, 0.1) is 5.69 Å². The molecule has 0 atom stereocenters. The average Bonchev–Trinajstić information content (AvgIpc) is 3.00. The molecule has 2 rings (SSSR count). The van der Waals surface area contributed by atoms with E-state index in [1.807, 2.05) is 33.8 Å². The van der Waals surface area contributed by atoms with Crippen molar-refractivity contribution in [2.24, 2.45) is 10.4 Å². The molecule has 1 aromatic heterocycles. The number of guanidine groups is 1. The van der Waals surface area contributed by atoms with Crippen LogP contribution in [0.15, 0.2) is 15.6 Å². The molecule has 0 aromatic carbocycles. The summed E-state index contributed by atoms with van der Waals surface area (Å²) in [6.45, 7) is 13.4. The number of hydrogen-bond acceptors (Lipinski definition) is 5. The Morgan fingerprint density at radius 2 is 1.88 bits per heavy atom. The summed E-state index contributed by atoms with van der Waals surface area (Å²) >= 11 is 0. The Hall–Kier alpha value is -2.09. The van der Waals surface area contributed by atoms with Crippen LogP contribution in [-0.2, 0) is 11.3 Å². The van der Waals surface area contributed by atoms with Gasteiger partial charge in [0.25, 0.3) is 0 Å². The molecule has 0 bridgehead atoms. The predicted octanol–water partition coefficient (Wildman–Crippen LogP) is 0.838. The van der Waals surface area contributed by atoms with Crippen molar-refractivity contribution in [1.29, 1.82) is 0 Å². The molecular formula is C18H32N6O2. The van der Waals surface area contributed by atoms with Gasteiger partial charge in [-0.25, -0.2) is 0 Å². The van der Waals surface area contributed by atoms with E-state index in [1.54, 1.807) is 7.05 Å². The lowest BCUT2D eigenvalue weighted by molar-refractivity contribution is -0.128. The van der Waals surface area contributed by atoms with Crippen LogP contribution in [0.1, 0.15) is 32.2 Å². The first-order valence-electron chi connectivity index (χ1n) is 9.18. The van der Waals surface area contributed by atoms with E-state index in [1.165, 1.54) is 0 Å². The second-order valence-corrected chi connectivity index (χ2v) is 7.67. The van der Waals surface area contributed by atoms with Crippen molar-refractivity contribution in [2.75, 3.05) is 46.3 Å². The number of amides is 1. The maximum Gasteiger partial charge on any atom is 0.225 e. The molecule has 1 aliphatic heterocycles. The van der Waals surface area contributed by atoms with E-state index in [4.69, 9.17) is 4.52 Å². The fraction of sp³-hybridized carbons (Fsp3) is 0.722. The van der Waals surface area contributed by atoms with Crippen LogP contribution in [0.2, 0.25) is 0 Å². The van der Waals surface area contributed by atoms with Gasteiger partial charge in [-0.05, 0) is 6.92 Å². The summed E-state index contributed by atoms with van der Waals surface area (Å²) in [5.74, 6) is 1.79. The number of piperazine rings is 1. The van der Waals surface area contributed by atoms with E-state index in [2.05, 4.69) is 30.6 Å². The third-order valence-corrected chi connectivity index (χ3v) is 4.32. The highest BCUT2D eigenvalue weighted by Gasteiger charge is 2.22. The van der Waals surface area contributed by atoms with Gasteiger partial charge in [0.1, 0.15) is 5.76 Å². The molecule has 1 aromatic rings. The highest BCUT2D eigenvalue weighted by molar-refractivity contribution is 5.82. The van der Waals surface area contributed by atoms with Gasteiger partial charge in [-0.1, -0.05) is 25.9 Å². The molecule has 1 fully saturated rings. The topological polar surface area (TPSA) is 86.0 Å². The van der Waals surface area contributed by atoms with Crippen LogP contribution in [0, 0.1) is 12.3 Å². The van der Waals surface area contributed by atoms with E-state index in [-0.39, 0.29) is 11.3 Å². The first kappa shape index (κ1) is 20.2. The highest BCUT2D eigenvalue weighted by atomic mass is 16.5. The number of carbonyl (C=O) groups is 1. The number of nitrogens with zero attached hydrogens (tertiary/aromatic N) is 4. The normalized spacial score (nSPS) is 16.7. The summed E-state index contributed by atoms with van der Waals surface area (Å²) in [7, 11) is 1.79. The Morgan fingerprint density at radius 3 is 2.42 bits per heavy atom. The van der Waals surface area contributed by atoms with Crippen LogP contribution in [0.5, 0.6) is 0 Å². The first-order chi connectivity index (χ1) is 12.3. The molecule has 146 valence electrons. The number of carbonyl (C=O) groups excluding carboxylic acids is 1.